The van der Waals surface area contributed by atoms with Gasteiger partial charge in [0.05, 0.1) is 17.7 Å². The summed E-state index contributed by atoms with van der Waals surface area (Å²) in [4.78, 5) is 28.4. The number of furan rings is 1. The van der Waals surface area contributed by atoms with Crippen molar-refractivity contribution in [2.24, 2.45) is 4.99 Å². The first-order chi connectivity index (χ1) is 16.3. The van der Waals surface area contributed by atoms with Crippen molar-refractivity contribution in [1.29, 1.82) is 0 Å². The standard InChI is InChI=1S/C24H19ClN2O6S/c1-13-16(25)4-3-5-17(13)26-24-27-22(28)21(34-24)11-14-6-8-18(20(10-14)31-2)32-12-15-7-9-19(33-15)23(29)30/h3-11H,12H2,1-2H3,(H,29,30)(H,26,27,28)/b21-11-. The summed E-state index contributed by atoms with van der Waals surface area (Å²) < 4.78 is 16.3. The molecule has 2 aromatic carbocycles. The van der Waals surface area contributed by atoms with Gasteiger partial charge in [0.1, 0.15) is 12.4 Å². The van der Waals surface area contributed by atoms with Gasteiger partial charge in [-0.25, -0.2) is 9.79 Å². The van der Waals surface area contributed by atoms with E-state index >= 15 is 0 Å². The van der Waals surface area contributed by atoms with Crippen LogP contribution in [0.4, 0.5) is 5.69 Å². The molecule has 0 spiro atoms. The molecule has 0 atom stereocenters. The number of aliphatic imine (C=N–C) groups is 1. The molecule has 2 N–H and O–H groups in total. The zero-order valence-corrected chi connectivity index (χ0v) is 19.7. The molecule has 1 aliphatic rings. The number of thioether (sulfide) groups is 1. The Balaban J connectivity index is 1.49. The van der Waals surface area contributed by atoms with Gasteiger partial charge in [-0.05, 0) is 72.3 Å². The van der Waals surface area contributed by atoms with Crippen molar-refractivity contribution in [2.45, 2.75) is 13.5 Å². The molecule has 0 saturated carbocycles. The first-order valence-electron chi connectivity index (χ1n) is 10.0. The molecule has 3 aromatic rings. The lowest BCUT2D eigenvalue weighted by atomic mass is 10.2. The number of benzene rings is 2. The van der Waals surface area contributed by atoms with Gasteiger partial charge >= 0.3 is 5.97 Å². The van der Waals surface area contributed by atoms with Gasteiger partial charge in [-0.15, -0.1) is 0 Å². The summed E-state index contributed by atoms with van der Waals surface area (Å²) in [5.74, 6) is -0.299. The SMILES string of the molecule is COc1cc(/C=C2\SC(=Nc3cccc(Cl)c3C)NC2=O)ccc1OCc1ccc(C(=O)O)o1. The Labute approximate surface area is 204 Å². The lowest BCUT2D eigenvalue weighted by molar-refractivity contribution is -0.115. The number of nitrogens with one attached hydrogen (secondary N) is 1. The van der Waals surface area contributed by atoms with Gasteiger partial charge < -0.3 is 24.3 Å². The zero-order valence-electron chi connectivity index (χ0n) is 18.1. The first-order valence-corrected chi connectivity index (χ1v) is 11.2. The van der Waals surface area contributed by atoms with E-state index in [4.69, 9.17) is 30.6 Å². The Morgan fingerprint density at radius 1 is 1.24 bits per heavy atom. The molecule has 2 heterocycles. The minimum atomic E-state index is -1.15. The summed E-state index contributed by atoms with van der Waals surface area (Å²) in [6, 6.07) is 13.5. The van der Waals surface area contributed by atoms with E-state index in [1.165, 1.54) is 31.0 Å². The molecular weight excluding hydrogens is 480 g/mol. The number of carbonyl (C=O) groups excluding carboxylic acids is 1. The Kier molecular flexibility index (Phi) is 6.95. The molecule has 34 heavy (non-hydrogen) atoms. The molecule has 0 aliphatic carbocycles. The van der Waals surface area contributed by atoms with Crippen LogP contribution in [0.25, 0.3) is 6.08 Å². The van der Waals surface area contributed by atoms with Gasteiger partial charge in [-0.2, -0.15) is 0 Å². The number of amidine groups is 1. The van der Waals surface area contributed by atoms with Crippen molar-refractivity contribution in [3.63, 3.8) is 0 Å². The molecule has 0 unspecified atom stereocenters. The number of ether oxygens (including phenoxy) is 2. The van der Waals surface area contributed by atoms with E-state index in [9.17, 15) is 9.59 Å². The van der Waals surface area contributed by atoms with E-state index in [2.05, 4.69) is 10.3 Å². The topological polar surface area (TPSA) is 110 Å². The molecule has 1 fully saturated rings. The monoisotopic (exact) mass is 498 g/mol. The largest absolute Gasteiger partial charge is 0.493 e. The van der Waals surface area contributed by atoms with Crippen LogP contribution >= 0.6 is 23.4 Å². The Morgan fingerprint density at radius 2 is 2.06 bits per heavy atom. The molecular formula is C24H19ClN2O6S. The van der Waals surface area contributed by atoms with Crippen LogP contribution in [0.1, 0.15) is 27.4 Å². The van der Waals surface area contributed by atoms with Crippen molar-refractivity contribution < 1.29 is 28.6 Å². The van der Waals surface area contributed by atoms with E-state index in [0.717, 1.165) is 11.1 Å². The van der Waals surface area contributed by atoms with Crippen LogP contribution in [0.3, 0.4) is 0 Å². The number of hydrogen-bond donors (Lipinski definition) is 2. The number of aromatic carboxylic acids is 1. The fraction of sp³-hybridized carbons (Fsp3) is 0.125. The summed E-state index contributed by atoms with van der Waals surface area (Å²) in [6.45, 7) is 1.90. The molecule has 174 valence electrons. The van der Waals surface area contributed by atoms with E-state index < -0.39 is 5.97 Å². The number of carboxylic acids is 1. The Bertz CT molecular complexity index is 1330. The van der Waals surface area contributed by atoms with Gasteiger partial charge in [-0.1, -0.05) is 23.7 Å². The number of halogens is 1. The van der Waals surface area contributed by atoms with Crippen molar-refractivity contribution in [2.75, 3.05) is 7.11 Å². The second-order valence-electron chi connectivity index (χ2n) is 7.14. The van der Waals surface area contributed by atoms with Crippen molar-refractivity contribution >= 4 is 52.2 Å². The lowest BCUT2D eigenvalue weighted by Gasteiger charge is -2.10. The Morgan fingerprint density at radius 3 is 2.79 bits per heavy atom. The maximum absolute atomic E-state index is 12.4. The van der Waals surface area contributed by atoms with E-state index in [-0.39, 0.29) is 18.3 Å². The van der Waals surface area contributed by atoms with Gasteiger partial charge in [0.25, 0.3) is 5.91 Å². The second kappa shape index (κ2) is 10.1. The highest BCUT2D eigenvalue weighted by molar-refractivity contribution is 8.18. The smallest absolute Gasteiger partial charge is 0.371 e. The molecule has 0 bridgehead atoms. The minimum Gasteiger partial charge on any atom is -0.493 e. The van der Waals surface area contributed by atoms with E-state index in [1.54, 1.807) is 36.4 Å². The highest BCUT2D eigenvalue weighted by Crippen LogP contribution is 2.33. The highest BCUT2D eigenvalue weighted by atomic mass is 35.5. The Hall–Kier alpha value is -3.69. The van der Waals surface area contributed by atoms with Crippen LogP contribution in [0, 0.1) is 6.92 Å². The van der Waals surface area contributed by atoms with Crippen molar-refractivity contribution in [3.8, 4) is 11.5 Å². The van der Waals surface area contributed by atoms with Crippen LogP contribution in [0.15, 0.2) is 62.8 Å². The summed E-state index contributed by atoms with van der Waals surface area (Å²) in [5.41, 5.74) is 2.25. The molecule has 1 amide bonds. The molecule has 0 radical (unpaired) electrons. The molecule has 1 saturated heterocycles. The number of amides is 1. The summed E-state index contributed by atoms with van der Waals surface area (Å²) in [7, 11) is 1.50. The third kappa shape index (κ3) is 5.27. The maximum atomic E-state index is 12.4. The van der Waals surface area contributed by atoms with Crippen molar-refractivity contribution in [1.82, 2.24) is 5.32 Å². The predicted molar refractivity (Wildman–Crippen MR) is 130 cm³/mol. The zero-order chi connectivity index (χ0) is 24.2. The predicted octanol–water partition coefficient (Wildman–Crippen LogP) is 5.42. The molecule has 1 aliphatic heterocycles. The average Bonchev–Trinajstić information content (AvgIpc) is 3.42. The van der Waals surface area contributed by atoms with Crippen LogP contribution in [-0.2, 0) is 11.4 Å². The first kappa shape index (κ1) is 23.5. The van der Waals surface area contributed by atoms with E-state index in [1.807, 2.05) is 13.0 Å². The van der Waals surface area contributed by atoms with Crippen LogP contribution in [-0.4, -0.2) is 29.3 Å². The molecule has 8 nitrogen and oxygen atoms in total. The van der Waals surface area contributed by atoms with Crippen molar-refractivity contribution in [3.05, 3.63) is 81.1 Å². The highest BCUT2D eigenvalue weighted by Gasteiger charge is 2.24. The summed E-state index contributed by atoms with van der Waals surface area (Å²) in [5, 5.41) is 12.8. The van der Waals surface area contributed by atoms with Gasteiger partial charge in [-0.3, -0.25) is 4.79 Å². The number of methoxy groups -OCH3 is 1. The number of rotatable bonds is 7. The minimum absolute atomic E-state index is 0.0328. The maximum Gasteiger partial charge on any atom is 0.371 e. The number of carbonyl (C=O) groups is 2. The number of nitrogens with zero attached hydrogens (tertiary/aromatic N) is 1. The van der Waals surface area contributed by atoms with Gasteiger partial charge in [0, 0.05) is 5.02 Å². The molecule has 4 rings (SSSR count). The number of hydrogen-bond acceptors (Lipinski definition) is 7. The van der Waals surface area contributed by atoms with Crippen LogP contribution in [0.5, 0.6) is 11.5 Å². The fourth-order valence-corrected chi connectivity index (χ4v) is 4.08. The number of carboxylic acid groups (broad SMARTS) is 1. The fourth-order valence-electron chi connectivity index (χ4n) is 3.07. The average molecular weight is 499 g/mol. The normalized spacial score (nSPS) is 15.6. The third-order valence-electron chi connectivity index (χ3n) is 4.84. The summed E-state index contributed by atoms with van der Waals surface area (Å²) >= 11 is 7.38. The van der Waals surface area contributed by atoms with Gasteiger partial charge in [0.15, 0.2) is 16.7 Å². The third-order valence-corrected chi connectivity index (χ3v) is 6.16. The van der Waals surface area contributed by atoms with Gasteiger partial charge in [0.2, 0.25) is 5.76 Å². The van der Waals surface area contributed by atoms with E-state index in [0.29, 0.717) is 38.0 Å². The lowest BCUT2D eigenvalue weighted by Crippen LogP contribution is -2.19. The van der Waals surface area contributed by atoms with Crippen LogP contribution < -0.4 is 14.8 Å². The molecule has 10 heteroatoms. The molecule has 1 aromatic heterocycles. The second-order valence-corrected chi connectivity index (χ2v) is 8.57. The summed E-state index contributed by atoms with van der Waals surface area (Å²) in [6.07, 6.45) is 1.73. The quantitative estimate of drug-likeness (QED) is 0.418. The van der Waals surface area contributed by atoms with Crippen LogP contribution in [0.2, 0.25) is 5.02 Å².